The fraction of sp³-hybridized carbons (Fsp3) is 0.304. The van der Waals surface area contributed by atoms with E-state index in [4.69, 9.17) is 14.6 Å². The average molecular weight is 391 g/mol. The summed E-state index contributed by atoms with van der Waals surface area (Å²) in [4.78, 5) is 15.1. The smallest absolute Gasteiger partial charge is 0.272 e. The van der Waals surface area contributed by atoms with Crippen LogP contribution in [0.2, 0.25) is 0 Å². The minimum absolute atomic E-state index is 0.00948. The van der Waals surface area contributed by atoms with Crippen LogP contribution in [0.1, 0.15) is 28.9 Å². The van der Waals surface area contributed by atoms with Gasteiger partial charge in [0.25, 0.3) is 5.91 Å². The molecule has 6 nitrogen and oxygen atoms in total. The van der Waals surface area contributed by atoms with Crippen molar-refractivity contribution in [3.8, 4) is 28.4 Å². The lowest BCUT2D eigenvalue weighted by Crippen LogP contribution is -2.29. The van der Waals surface area contributed by atoms with E-state index < -0.39 is 0 Å². The third-order valence-electron chi connectivity index (χ3n) is 5.25. The zero-order chi connectivity index (χ0) is 20.4. The van der Waals surface area contributed by atoms with Crippen LogP contribution in [0.25, 0.3) is 16.9 Å². The van der Waals surface area contributed by atoms with Crippen molar-refractivity contribution in [3.63, 3.8) is 0 Å². The summed E-state index contributed by atoms with van der Waals surface area (Å²) in [6, 6.07) is 15.5. The van der Waals surface area contributed by atoms with Gasteiger partial charge in [0, 0.05) is 24.7 Å². The van der Waals surface area contributed by atoms with Gasteiger partial charge in [0.2, 0.25) is 0 Å². The SMILES string of the molecule is COc1ccc(-c2cc(C(=O)N3CCCC3)n(-c3cccc(C)c3)n2)c(OC)c1. The number of hydrogen-bond donors (Lipinski definition) is 0. The third kappa shape index (κ3) is 3.70. The first kappa shape index (κ1) is 19.1. The molecule has 29 heavy (non-hydrogen) atoms. The number of ether oxygens (including phenoxy) is 2. The highest BCUT2D eigenvalue weighted by atomic mass is 16.5. The van der Waals surface area contributed by atoms with Crippen molar-refractivity contribution in [2.24, 2.45) is 0 Å². The molecule has 0 bridgehead atoms. The highest BCUT2D eigenvalue weighted by Crippen LogP contribution is 2.34. The van der Waals surface area contributed by atoms with Crippen LogP contribution in [-0.2, 0) is 0 Å². The third-order valence-corrected chi connectivity index (χ3v) is 5.25. The second-order valence-corrected chi connectivity index (χ2v) is 7.23. The van der Waals surface area contributed by atoms with Crippen LogP contribution in [0, 0.1) is 6.92 Å². The molecule has 2 heterocycles. The lowest BCUT2D eigenvalue weighted by atomic mass is 10.1. The molecular formula is C23H25N3O3. The molecule has 0 N–H and O–H groups in total. The molecule has 150 valence electrons. The van der Waals surface area contributed by atoms with Gasteiger partial charge in [-0.1, -0.05) is 12.1 Å². The van der Waals surface area contributed by atoms with Gasteiger partial charge in [-0.2, -0.15) is 5.10 Å². The number of amides is 1. The highest BCUT2D eigenvalue weighted by molar-refractivity contribution is 5.94. The van der Waals surface area contributed by atoms with Gasteiger partial charge < -0.3 is 14.4 Å². The number of rotatable bonds is 5. The summed E-state index contributed by atoms with van der Waals surface area (Å²) in [7, 11) is 3.24. The second kappa shape index (κ2) is 7.99. The van der Waals surface area contributed by atoms with E-state index >= 15 is 0 Å². The number of nitrogens with zero attached hydrogens (tertiary/aromatic N) is 3. The van der Waals surface area contributed by atoms with Crippen LogP contribution in [0.15, 0.2) is 48.5 Å². The van der Waals surface area contributed by atoms with Crippen molar-refractivity contribution in [2.75, 3.05) is 27.3 Å². The van der Waals surface area contributed by atoms with Gasteiger partial charge in [-0.25, -0.2) is 4.68 Å². The quantitative estimate of drug-likeness (QED) is 0.657. The number of hydrogen-bond acceptors (Lipinski definition) is 4. The molecule has 6 heteroatoms. The number of likely N-dealkylation sites (tertiary alicyclic amines) is 1. The Morgan fingerprint density at radius 3 is 2.48 bits per heavy atom. The molecule has 0 saturated carbocycles. The Balaban J connectivity index is 1.84. The first-order valence-corrected chi connectivity index (χ1v) is 9.79. The maximum absolute atomic E-state index is 13.2. The Morgan fingerprint density at radius 2 is 1.79 bits per heavy atom. The van der Waals surface area contributed by atoms with Crippen LogP contribution in [0.4, 0.5) is 0 Å². The van der Waals surface area contributed by atoms with Gasteiger partial charge in [0.05, 0.1) is 25.6 Å². The molecule has 1 aliphatic rings. The summed E-state index contributed by atoms with van der Waals surface area (Å²) >= 11 is 0. The summed E-state index contributed by atoms with van der Waals surface area (Å²) in [5, 5.41) is 4.80. The minimum Gasteiger partial charge on any atom is -0.497 e. The maximum atomic E-state index is 13.2. The number of aryl methyl sites for hydroxylation is 1. The molecule has 3 aromatic rings. The zero-order valence-electron chi connectivity index (χ0n) is 17.0. The molecule has 1 aliphatic heterocycles. The van der Waals surface area contributed by atoms with E-state index in [0.717, 1.165) is 42.7 Å². The molecule has 1 amide bonds. The van der Waals surface area contributed by atoms with E-state index in [1.54, 1.807) is 18.9 Å². The summed E-state index contributed by atoms with van der Waals surface area (Å²) < 4.78 is 12.6. The van der Waals surface area contributed by atoms with E-state index in [1.807, 2.05) is 60.4 Å². The van der Waals surface area contributed by atoms with Gasteiger partial charge in [-0.05, 0) is 55.7 Å². The van der Waals surface area contributed by atoms with Gasteiger partial charge >= 0.3 is 0 Å². The molecular weight excluding hydrogens is 366 g/mol. The minimum atomic E-state index is 0.00948. The molecule has 0 radical (unpaired) electrons. The highest BCUT2D eigenvalue weighted by Gasteiger charge is 2.25. The van der Waals surface area contributed by atoms with E-state index in [1.165, 1.54) is 0 Å². The number of methoxy groups -OCH3 is 2. The van der Waals surface area contributed by atoms with Crippen molar-refractivity contribution in [1.29, 1.82) is 0 Å². The van der Waals surface area contributed by atoms with Crippen LogP contribution < -0.4 is 9.47 Å². The van der Waals surface area contributed by atoms with Crippen molar-refractivity contribution in [2.45, 2.75) is 19.8 Å². The van der Waals surface area contributed by atoms with E-state index in [-0.39, 0.29) is 5.91 Å². The van der Waals surface area contributed by atoms with Crippen LogP contribution in [0.5, 0.6) is 11.5 Å². The molecule has 4 rings (SSSR count). The van der Waals surface area contributed by atoms with E-state index in [2.05, 4.69) is 0 Å². The van der Waals surface area contributed by atoms with Crippen molar-refractivity contribution in [1.82, 2.24) is 14.7 Å². The number of aromatic nitrogens is 2. The van der Waals surface area contributed by atoms with Crippen LogP contribution in [0.3, 0.4) is 0 Å². The first-order chi connectivity index (χ1) is 14.1. The molecule has 2 aromatic carbocycles. The van der Waals surface area contributed by atoms with Crippen molar-refractivity contribution < 1.29 is 14.3 Å². The molecule has 1 saturated heterocycles. The summed E-state index contributed by atoms with van der Waals surface area (Å²) in [6.45, 7) is 3.61. The number of carbonyl (C=O) groups excluding carboxylic acids is 1. The second-order valence-electron chi connectivity index (χ2n) is 7.23. The molecule has 1 fully saturated rings. The van der Waals surface area contributed by atoms with E-state index in [9.17, 15) is 4.79 Å². The van der Waals surface area contributed by atoms with Gasteiger partial charge in [0.15, 0.2) is 0 Å². The standard InChI is InChI=1S/C23H25N3O3/c1-16-7-6-8-17(13-16)26-21(23(27)25-11-4-5-12-25)15-20(24-26)19-10-9-18(28-2)14-22(19)29-3/h6-10,13-15H,4-5,11-12H2,1-3H3. The molecule has 0 unspecified atom stereocenters. The Bertz CT molecular complexity index is 1040. The Hall–Kier alpha value is -3.28. The normalized spacial score (nSPS) is 13.6. The number of carbonyl (C=O) groups is 1. The van der Waals surface area contributed by atoms with Crippen LogP contribution in [-0.4, -0.2) is 47.9 Å². The molecule has 0 aliphatic carbocycles. The predicted octanol–water partition coefficient (Wildman–Crippen LogP) is 4.10. The Labute approximate surface area is 170 Å². The Kier molecular flexibility index (Phi) is 5.25. The fourth-order valence-corrected chi connectivity index (χ4v) is 3.71. The fourth-order valence-electron chi connectivity index (χ4n) is 3.71. The van der Waals surface area contributed by atoms with Crippen molar-refractivity contribution in [3.05, 3.63) is 59.8 Å². The Morgan fingerprint density at radius 1 is 1.00 bits per heavy atom. The topological polar surface area (TPSA) is 56.6 Å². The summed E-state index contributed by atoms with van der Waals surface area (Å²) in [6.07, 6.45) is 2.09. The summed E-state index contributed by atoms with van der Waals surface area (Å²) in [5.74, 6) is 1.37. The monoisotopic (exact) mass is 391 g/mol. The van der Waals surface area contributed by atoms with Gasteiger partial charge in [-0.3, -0.25) is 4.79 Å². The average Bonchev–Trinajstić information content (AvgIpc) is 3.43. The van der Waals surface area contributed by atoms with Gasteiger partial charge in [0.1, 0.15) is 17.2 Å². The lowest BCUT2D eigenvalue weighted by Gasteiger charge is -2.16. The molecule has 0 spiro atoms. The summed E-state index contributed by atoms with van der Waals surface area (Å²) in [5.41, 5.74) is 4.04. The van der Waals surface area contributed by atoms with Gasteiger partial charge in [-0.15, -0.1) is 0 Å². The zero-order valence-corrected chi connectivity index (χ0v) is 17.0. The van der Waals surface area contributed by atoms with E-state index in [0.29, 0.717) is 22.9 Å². The van der Waals surface area contributed by atoms with Crippen LogP contribution >= 0.6 is 0 Å². The van der Waals surface area contributed by atoms with Crippen molar-refractivity contribution >= 4 is 5.91 Å². The lowest BCUT2D eigenvalue weighted by molar-refractivity contribution is 0.0784. The first-order valence-electron chi connectivity index (χ1n) is 9.79. The maximum Gasteiger partial charge on any atom is 0.272 e. The molecule has 0 atom stereocenters. The molecule has 1 aromatic heterocycles. The largest absolute Gasteiger partial charge is 0.497 e. The number of benzene rings is 2. The predicted molar refractivity (Wildman–Crippen MR) is 112 cm³/mol.